The van der Waals surface area contributed by atoms with E-state index in [-0.39, 0.29) is 16.7 Å². The minimum atomic E-state index is -3.78. The van der Waals surface area contributed by atoms with Crippen LogP contribution in [0.3, 0.4) is 0 Å². The van der Waals surface area contributed by atoms with Crippen molar-refractivity contribution in [1.82, 2.24) is 5.16 Å². The molecule has 1 heterocycles. The maximum absolute atomic E-state index is 12.4. The molecule has 0 atom stereocenters. The van der Waals surface area contributed by atoms with Gasteiger partial charge in [-0.15, -0.1) is 0 Å². The van der Waals surface area contributed by atoms with Crippen molar-refractivity contribution in [3.8, 4) is 0 Å². The average Bonchev–Trinajstić information content (AvgIpc) is 2.87. The third-order valence-electron chi connectivity index (χ3n) is 3.84. The van der Waals surface area contributed by atoms with Crippen LogP contribution in [-0.2, 0) is 14.8 Å². The molecule has 8 heteroatoms. The molecule has 0 saturated carbocycles. The Hall–Kier alpha value is -2.35. The van der Waals surface area contributed by atoms with Crippen LogP contribution in [0.15, 0.2) is 33.7 Å². The molecule has 2 aromatic rings. The van der Waals surface area contributed by atoms with Crippen molar-refractivity contribution in [3.05, 3.63) is 35.5 Å². The SMILES string of the molecule is CCCCCC(=O)Nc1ccc(S(=O)(=O)Nc2onc(C)c2C)cc1. The molecule has 136 valence electrons. The number of sulfonamides is 1. The number of hydrogen-bond donors (Lipinski definition) is 2. The predicted octanol–water partition coefficient (Wildman–Crippen LogP) is 3.61. The maximum atomic E-state index is 12.4. The second kappa shape index (κ2) is 8.15. The van der Waals surface area contributed by atoms with E-state index in [9.17, 15) is 13.2 Å². The lowest BCUT2D eigenvalue weighted by Gasteiger charge is -2.08. The molecule has 25 heavy (non-hydrogen) atoms. The highest BCUT2D eigenvalue weighted by atomic mass is 32.2. The maximum Gasteiger partial charge on any atom is 0.264 e. The summed E-state index contributed by atoms with van der Waals surface area (Å²) in [7, 11) is -3.78. The van der Waals surface area contributed by atoms with Gasteiger partial charge in [-0.1, -0.05) is 24.9 Å². The number of hydrogen-bond acceptors (Lipinski definition) is 5. The molecular formula is C17H23N3O4S. The molecule has 0 spiro atoms. The molecular weight excluding hydrogens is 342 g/mol. The van der Waals surface area contributed by atoms with Crippen molar-refractivity contribution in [2.45, 2.75) is 51.3 Å². The largest absolute Gasteiger partial charge is 0.337 e. The molecule has 2 N–H and O–H groups in total. The average molecular weight is 365 g/mol. The van der Waals surface area contributed by atoms with E-state index < -0.39 is 10.0 Å². The first-order valence-electron chi connectivity index (χ1n) is 8.19. The van der Waals surface area contributed by atoms with Gasteiger partial charge in [-0.25, -0.2) is 13.1 Å². The van der Waals surface area contributed by atoms with Gasteiger partial charge in [0.2, 0.25) is 11.8 Å². The Morgan fingerprint density at radius 1 is 1.16 bits per heavy atom. The van der Waals surface area contributed by atoms with Gasteiger partial charge in [0, 0.05) is 17.7 Å². The fourth-order valence-electron chi connectivity index (χ4n) is 2.17. The number of anilines is 2. The normalized spacial score (nSPS) is 11.3. The monoisotopic (exact) mass is 365 g/mol. The lowest BCUT2D eigenvalue weighted by Crippen LogP contribution is -2.14. The molecule has 1 amide bonds. The number of nitrogens with zero attached hydrogens (tertiary/aromatic N) is 1. The molecule has 1 aromatic heterocycles. The fourth-order valence-corrected chi connectivity index (χ4v) is 3.21. The third-order valence-corrected chi connectivity index (χ3v) is 5.19. The molecule has 1 aromatic carbocycles. The van der Waals surface area contributed by atoms with Crippen LogP contribution in [0.4, 0.5) is 11.6 Å². The smallest absolute Gasteiger partial charge is 0.264 e. The van der Waals surface area contributed by atoms with E-state index in [1.165, 1.54) is 12.1 Å². The van der Waals surface area contributed by atoms with Crippen molar-refractivity contribution >= 4 is 27.5 Å². The lowest BCUT2D eigenvalue weighted by atomic mass is 10.2. The predicted molar refractivity (Wildman–Crippen MR) is 96.0 cm³/mol. The molecule has 0 aliphatic carbocycles. The Kier molecular flexibility index (Phi) is 6.19. The summed E-state index contributed by atoms with van der Waals surface area (Å²) >= 11 is 0. The van der Waals surface area contributed by atoms with E-state index >= 15 is 0 Å². The summed E-state index contributed by atoms with van der Waals surface area (Å²) in [5.41, 5.74) is 1.82. The van der Waals surface area contributed by atoms with Gasteiger partial charge in [-0.2, -0.15) is 0 Å². The van der Waals surface area contributed by atoms with Gasteiger partial charge in [0.25, 0.3) is 10.0 Å². The minimum Gasteiger partial charge on any atom is -0.337 e. The topological polar surface area (TPSA) is 101 Å². The van der Waals surface area contributed by atoms with Crippen LogP contribution < -0.4 is 10.0 Å². The van der Waals surface area contributed by atoms with Crippen molar-refractivity contribution < 1.29 is 17.7 Å². The summed E-state index contributed by atoms with van der Waals surface area (Å²) in [5, 5.41) is 6.48. The Bertz CT molecular complexity index is 826. The Balaban J connectivity index is 2.03. The lowest BCUT2D eigenvalue weighted by molar-refractivity contribution is -0.116. The van der Waals surface area contributed by atoms with Crippen molar-refractivity contribution in [2.75, 3.05) is 10.0 Å². The first kappa shape index (κ1) is 19.0. The molecule has 0 saturated heterocycles. The highest BCUT2D eigenvalue weighted by molar-refractivity contribution is 7.92. The minimum absolute atomic E-state index is 0.0740. The summed E-state index contributed by atoms with van der Waals surface area (Å²) in [5.74, 6) is 0.0285. The molecule has 0 aliphatic heterocycles. The van der Waals surface area contributed by atoms with Gasteiger partial charge in [0.15, 0.2) is 0 Å². The number of rotatable bonds is 8. The van der Waals surface area contributed by atoms with E-state index in [0.29, 0.717) is 23.4 Å². The number of aromatic nitrogens is 1. The van der Waals surface area contributed by atoms with Crippen molar-refractivity contribution in [2.24, 2.45) is 0 Å². The number of nitrogens with one attached hydrogen (secondary N) is 2. The van der Waals surface area contributed by atoms with Crippen molar-refractivity contribution in [1.29, 1.82) is 0 Å². The van der Waals surface area contributed by atoms with Crippen LogP contribution in [0.5, 0.6) is 0 Å². The van der Waals surface area contributed by atoms with Crippen molar-refractivity contribution in [3.63, 3.8) is 0 Å². The third kappa shape index (κ3) is 5.06. The van der Waals surface area contributed by atoms with E-state index in [1.54, 1.807) is 26.0 Å². The molecule has 0 fully saturated rings. The van der Waals surface area contributed by atoms with Gasteiger partial charge >= 0.3 is 0 Å². The summed E-state index contributed by atoms with van der Waals surface area (Å²) in [6, 6.07) is 5.99. The Morgan fingerprint density at radius 3 is 2.40 bits per heavy atom. The number of carbonyl (C=O) groups is 1. The number of amides is 1. The zero-order valence-corrected chi connectivity index (χ0v) is 15.4. The first-order valence-corrected chi connectivity index (χ1v) is 9.67. The van der Waals surface area contributed by atoms with Crippen LogP contribution in [0.25, 0.3) is 0 Å². The summed E-state index contributed by atoms with van der Waals surface area (Å²) in [6.07, 6.45) is 3.36. The van der Waals surface area contributed by atoms with Gasteiger partial charge in [0.1, 0.15) is 0 Å². The van der Waals surface area contributed by atoms with Gasteiger partial charge in [-0.3, -0.25) is 4.79 Å². The summed E-state index contributed by atoms with van der Waals surface area (Å²) in [4.78, 5) is 11.9. The number of unbranched alkanes of at least 4 members (excludes halogenated alkanes) is 2. The molecule has 0 unspecified atom stereocenters. The van der Waals surface area contributed by atoms with E-state index in [0.717, 1.165) is 19.3 Å². The molecule has 0 aliphatic rings. The molecule has 0 bridgehead atoms. The van der Waals surface area contributed by atoms with Crippen LogP contribution in [0.2, 0.25) is 0 Å². The Labute approximate surface area is 147 Å². The van der Waals surface area contributed by atoms with Crippen LogP contribution in [0.1, 0.15) is 43.9 Å². The van der Waals surface area contributed by atoms with Gasteiger partial charge < -0.3 is 9.84 Å². The number of benzene rings is 1. The second-order valence-electron chi connectivity index (χ2n) is 5.86. The van der Waals surface area contributed by atoms with Gasteiger partial charge in [0.05, 0.1) is 10.6 Å². The number of carbonyl (C=O) groups excluding carboxylic acids is 1. The second-order valence-corrected chi connectivity index (χ2v) is 7.54. The quantitative estimate of drug-likeness (QED) is 0.696. The highest BCUT2D eigenvalue weighted by Gasteiger charge is 2.19. The molecule has 0 radical (unpaired) electrons. The van der Waals surface area contributed by atoms with Crippen LogP contribution >= 0.6 is 0 Å². The van der Waals surface area contributed by atoms with E-state index in [2.05, 4.69) is 22.1 Å². The van der Waals surface area contributed by atoms with Crippen LogP contribution in [0, 0.1) is 13.8 Å². The standard InChI is InChI=1S/C17H23N3O4S/c1-4-5-6-7-16(21)18-14-8-10-15(11-9-14)25(22,23)20-17-12(2)13(3)19-24-17/h8-11,20H,4-7H2,1-3H3,(H,18,21). The molecule has 2 rings (SSSR count). The van der Waals surface area contributed by atoms with E-state index in [4.69, 9.17) is 4.52 Å². The fraction of sp³-hybridized carbons (Fsp3) is 0.412. The first-order chi connectivity index (χ1) is 11.8. The summed E-state index contributed by atoms with van der Waals surface area (Å²) in [6.45, 7) is 5.53. The van der Waals surface area contributed by atoms with Crippen LogP contribution in [-0.4, -0.2) is 19.5 Å². The Morgan fingerprint density at radius 2 is 1.84 bits per heavy atom. The van der Waals surface area contributed by atoms with E-state index in [1.807, 2.05) is 0 Å². The summed E-state index contributed by atoms with van der Waals surface area (Å²) < 4.78 is 32.1. The zero-order chi connectivity index (χ0) is 18.4. The van der Waals surface area contributed by atoms with Gasteiger partial charge in [-0.05, 0) is 44.5 Å². The highest BCUT2D eigenvalue weighted by Crippen LogP contribution is 2.22. The molecule has 7 nitrogen and oxygen atoms in total. The number of aryl methyl sites for hydroxylation is 1. The zero-order valence-electron chi connectivity index (χ0n) is 14.6.